The molecule has 0 bridgehead atoms. The first-order valence-electron chi connectivity index (χ1n) is 7.84. The highest BCUT2D eigenvalue weighted by atomic mass is 19.3. The lowest BCUT2D eigenvalue weighted by molar-refractivity contribution is -0.116. The first-order chi connectivity index (χ1) is 12.5. The zero-order valence-electron chi connectivity index (χ0n) is 13.5. The molecule has 1 aromatic heterocycles. The van der Waals surface area contributed by atoms with Gasteiger partial charge in [-0.3, -0.25) is 9.59 Å². The molecule has 0 saturated heterocycles. The monoisotopic (exact) mass is 359 g/mol. The van der Waals surface area contributed by atoms with E-state index in [2.05, 4.69) is 20.0 Å². The maximum Gasteiger partial charge on any atom is 0.387 e. The van der Waals surface area contributed by atoms with Crippen molar-refractivity contribution in [2.45, 2.75) is 19.5 Å². The number of anilines is 1. The van der Waals surface area contributed by atoms with E-state index in [-0.39, 0.29) is 30.1 Å². The van der Waals surface area contributed by atoms with Gasteiger partial charge in [0.25, 0.3) is 5.56 Å². The van der Waals surface area contributed by atoms with Crippen molar-refractivity contribution >= 4 is 22.5 Å². The fourth-order valence-corrected chi connectivity index (χ4v) is 2.43. The quantitative estimate of drug-likeness (QED) is 0.708. The van der Waals surface area contributed by atoms with Crippen LogP contribution in [0.5, 0.6) is 5.75 Å². The molecule has 3 aromatic rings. The highest BCUT2D eigenvalue weighted by molar-refractivity contribution is 5.90. The number of carbonyl (C=O) groups is 1. The Morgan fingerprint density at radius 1 is 1.15 bits per heavy atom. The van der Waals surface area contributed by atoms with Crippen LogP contribution in [0, 0.1) is 0 Å². The molecular weight excluding hydrogens is 344 g/mol. The topological polar surface area (TPSA) is 84.1 Å². The van der Waals surface area contributed by atoms with Crippen molar-refractivity contribution in [1.29, 1.82) is 0 Å². The second kappa shape index (κ2) is 7.73. The van der Waals surface area contributed by atoms with Gasteiger partial charge < -0.3 is 15.0 Å². The first kappa shape index (κ1) is 17.5. The number of rotatable bonds is 6. The third-order valence-corrected chi connectivity index (χ3v) is 3.61. The van der Waals surface area contributed by atoms with Gasteiger partial charge in [-0.1, -0.05) is 12.1 Å². The van der Waals surface area contributed by atoms with Gasteiger partial charge in [0.15, 0.2) is 0 Å². The fraction of sp³-hybridized carbons (Fsp3) is 0.167. The summed E-state index contributed by atoms with van der Waals surface area (Å²) in [7, 11) is 0. The van der Waals surface area contributed by atoms with Crippen LogP contribution in [0.15, 0.2) is 53.3 Å². The van der Waals surface area contributed by atoms with Crippen molar-refractivity contribution < 1.29 is 18.3 Å². The van der Waals surface area contributed by atoms with E-state index in [4.69, 9.17) is 0 Å². The number of carbonyl (C=O) groups excluding carboxylic acids is 1. The fourth-order valence-electron chi connectivity index (χ4n) is 2.43. The van der Waals surface area contributed by atoms with E-state index < -0.39 is 6.61 Å². The number of para-hydroxylation sites is 1. The summed E-state index contributed by atoms with van der Waals surface area (Å²) in [6, 6.07) is 12.6. The zero-order chi connectivity index (χ0) is 18.5. The summed E-state index contributed by atoms with van der Waals surface area (Å²) in [5.41, 5.74) is 0.776. The molecule has 6 nitrogen and oxygen atoms in total. The van der Waals surface area contributed by atoms with Crippen molar-refractivity contribution in [3.8, 4) is 5.75 Å². The Hall–Kier alpha value is -3.29. The number of amides is 1. The number of aromatic nitrogens is 2. The van der Waals surface area contributed by atoms with Crippen molar-refractivity contribution in [1.82, 2.24) is 9.97 Å². The summed E-state index contributed by atoms with van der Waals surface area (Å²) >= 11 is 0. The molecule has 2 N–H and O–H groups in total. The van der Waals surface area contributed by atoms with E-state index in [1.165, 1.54) is 24.3 Å². The van der Waals surface area contributed by atoms with Gasteiger partial charge in [0, 0.05) is 18.5 Å². The van der Waals surface area contributed by atoms with Gasteiger partial charge in [-0.15, -0.1) is 0 Å². The molecule has 2 aromatic carbocycles. The van der Waals surface area contributed by atoms with E-state index in [9.17, 15) is 18.4 Å². The van der Waals surface area contributed by atoms with Gasteiger partial charge in [-0.05, 0) is 36.4 Å². The number of fused-ring (bicyclic) bond motifs is 1. The normalized spacial score (nSPS) is 10.9. The van der Waals surface area contributed by atoms with Gasteiger partial charge in [-0.2, -0.15) is 8.78 Å². The minimum Gasteiger partial charge on any atom is -0.435 e. The number of hydrogen-bond acceptors (Lipinski definition) is 4. The molecule has 0 aliphatic rings. The number of halogens is 2. The third kappa shape index (κ3) is 4.41. The van der Waals surface area contributed by atoms with Crippen molar-refractivity contribution in [3.05, 3.63) is 64.7 Å². The number of nitrogens with one attached hydrogen (secondary N) is 2. The maximum atomic E-state index is 12.1. The summed E-state index contributed by atoms with van der Waals surface area (Å²) in [6.07, 6.45) is 0.370. The molecule has 0 fully saturated rings. The molecule has 0 unspecified atom stereocenters. The van der Waals surface area contributed by atoms with E-state index in [0.29, 0.717) is 22.4 Å². The molecule has 26 heavy (non-hydrogen) atoms. The van der Waals surface area contributed by atoms with E-state index in [0.717, 1.165) is 0 Å². The Morgan fingerprint density at radius 2 is 1.88 bits per heavy atom. The molecule has 134 valence electrons. The summed E-state index contributed by atoms with van der Waals surface area (Å²) in [5.74, 6) is 0.142. The molecule has 0 spiro atoms. The van der Waals surface area contributed by atoms with Crippen LogP contribution in [0.4, 0.5) is 14.5 Å². The molecule has 0 atom stereocenters. The number of H-pyrrole nitrogens is 1. The average molecular weight is 359 g/mol. The predicted octanol–water partition coefficient (Wildman–Crippen LogP) is 3.10. The third-order valence-electron chi connectivity index (χ3n) is 3.61. The van der Waals surface area contributed by atoms with Crippen LogP contribution in [-0.4, -0.2) is 22.5 Å². The first-order valence-corrected chi connectivity index (χ1v) is 7.84. The summed E-state index contributed by atoms with van der Waals surface area (Å²) in [5, 5.41) is 3.14. The van der Waals surface area contributed by atoms with Crippen LogP contribution in [0.1, 0.15) is 12.2 Å². The van der Waals surface area contributed by atoms with Crippen molar-refractivity contribution in [2.24, 2.45) is 0 Å². The smallest absolute Gasteiger partial charge is 0.387 e. The molecule has 0 aliphatic carbocycles. The van der Waals surface area contributed by atoms with E-state index in [1.807, 2.05) is 0 Å². The van der Waals surface area contributed by atoms with Crippen LogP contribution in [0.25, 0.3) is 10.9 Å². The molecule has 0 saturated carbocycles. The largest absolute Gasteiger partial charge is 0.435 e. The Morgan fingerprint density at radius 3 is 2.62 bits per heavy atom. The lowest BCUT2D eigenvalue weighted by atomic mass is 10.2. The minimum absolute atomic E-state index is 0.0101. The van der Waals surface area contributed by atoms with Gasteiger partial charge in [0.1, 0.15) is 11.6 Å². The molecule has 1 heterocycles. The van der Waals surface area contributed by atoms with Gasteiger partial charge in [-0.25, -0.2) is 4.98 Å². The minimum atomic E-state index is -2.90. The molecule has 0 radical (unpaired) electrons. The Balaban J connectivity index is 1.59. The SMILES string of the molecule is O=C(CCc1nc2ccccc2c(=O)[nH]1)Nc1ccc(OC(F)F)cc1. The highest BCUT2D eigenvalue weighted by Crippen LogP contribution is 2.18. The van der Waals surface area contributed by atoms with Crippen molar-refractivity contribution in [2.75, 3.05) is 5.32 Å². The average Bonchev–Trinajstić information content (AvgIpc) is 2.61. The number of ether oxygens (including phenoxy) is 1. The summed E-state index contributed by atoms with van der Waals surface area (Å²) < 4.78 is 28.4. The Kier molecular flexibility index (Phi) is 5.21. The number of aromatic amines is 1. The second-order valence-corrected chi connectivity index (χ2v) is 5.48. The molecular formula is C18H15F2N3O3. The van der Waals surface area contributed by atoms with Gasteiger partial charge >= 0.3 is 6.61 Å². The molecule has 3 rings (SSSR count). The number of benzene rings is 2. The van der Waals surface area contributed by atoms with Crippen LogP contribution in [0.2, 0.25) is 0 Å². The molecule has 8 heteroatoms. The zero-order valence-corrected chi connectivity index (χ0v) is 13.5. The van der Waals surface area contributed by atoms with E-state index >= 15 is 0 Å². The lowest BCUT2D eigenvalue weighted by Gasteiger charge is -2.07. The number of aryl methyl sites for hydroxylation is 1. The molecule has 1 amide bonds. The van der Waals surface area contributed by atoms with Crippen LogP contribution in [0.3, 0.4) is 0 Å². The standard InChI is InChI=1S/C18H15F2N3O3/c19-18(20)26-12-7-5-11(6-8-12)21-16(24)10-9-15-22-14-4-2-1-3-13(14)17(25)23-15/h1-8,18H,9-10H2,(H,21,24)(H,22,23,25). The highest BCUT2D eigenvalue weighted by Gasteiger charge is 2.08. The Bertz CT molecular complexity index is 971. The lowest BCUT2D eigenvalue weighted by Crippen LogP contribution is -2.16. The van der Waals surface area contributed by atoms with Crippen LogP contribution < -0.4 is 15.6 Å². The number of hydrogen-bond donors (Lipinski definition) is 2. The molecule has 0 aliphatic heterocycles. The maximum absolute atomic E-state index is 12.1. The predicted molar refractivity (Wildman–Crippen MR) is 92.4 cm³/mol. The number of alkyl halides is 2. The van der Waals surface area contributed by atoms with Crippen LogP contribution in [-0.2, 0) is 11.2 Å². The number of nitrogens with zero attached hydrogens (tertiary/aromatic N) is 1. The van der Waals surface area contributed by atoms with Crippen molar-refractivity contribution in [3.63, 3.8) is 0 Å². The van der Waals surface area contributed by atoms with Crippen LogP contribution >= 0.6 is 0 Å². The van der Waals surface area contributed by atoms with Gasteiger partial charge in [0.2, 0.25) is 5.91 Å². The summed E-state index contributed by atoms with van der Waals surface area (Å²) in [4.78, 5) is 31.0. The second-order valence-electron chi connectivity index (χ2n) is 5.48. The summed E-state index contributed by atoms with van der Waals surface area (Å²) in [6.45, 7) is -2.90. The van der Waals surface area contributed by atoms with Gasteiger partial charge in [0.05, 0.1) is 10.9 Å². The van der Waals surface area contributed by atoms with E-state index in [1.54, 1.807) is 24.3 Å². The Labute approximate surface area is 146 Å².